The smallest absolute Gasteiger partial charge is 0.303 e. The first-order valence-corrected chi connectivity index (χ1v) is 6.38. The number of amides is 1. The summed E-state index contributed by atoms with van der Waals surface area (Å²) in [6.07, 6.45) is 2.56. The number of hydrogen-bond donors (Lipinski definition) is 3. The Morgan fingerprint density at radius 3 is 2.61 bits per heavy atom. The van der Waals surface area contributed by atoms with Crippen molar-refractivity contribution in [3.63, 3.8) is 0 Å². The van der Waals surface area contributed by atoms with E-state index in [1.165, 1.54) is 12.8 Å². The van der Waals surface area contributed by atoms with Crippen molar-refractivity contribution in [2.24, 2.45) is 5.73 Å². The van der Waals surface area contributed by atoms with E-state index in [1.54, 1.807) is 0 Å². The number of nitrogens with one attached hydrogen (secondary N) is 1. The van der Waals surface area contributed by atoms with Gasteiger partial charge in [0.15, 0.2) is 0 Å². The van der Waals surface area contributed by atoms with Gasteiger partial charge < -0.3 is 16.2 Å². The van der Waals surface area contributed by atoms with Crippen molar-refractivity contribution in [2.75, 3.05) is 13.6 Å². The number of rotatable bonds is 8. The zero-order valence-electron chi connectivity index (χ0n) is 11.1. The summed E-state index contributed by atoms with van der Waals surface area (Å²) in [6, 6.07) is 0.185. The molecule has 1 fully saturated rings. The van der Waals surface area contributed by atoms with E-state index in [0.29, 0.717) is 12.6 Å². The van der Waals surface area contributed by atoms with E-state index in [2.05, 4.69) is 24.2 Å². The van der Waals surface area contributed by atoms with Gasteiger partial charge in [-0.15, -0.1) is 0 Å². The average Bonchev–Trinajstić information content (AvgIpc) is 3.15. The molecule has 6 nitrogen and oxygen atoms in total. The van der Waals surface area contributed by atoms with E-state index < -0.39 is 12.0 Å². The second kappa shape index (κ2) is 6.70. The van der Waals surface area contributed by atoms with Crippen LogP contribution in [0.1, 0.15) is 32.6 Å². The van der Waals surface area contributed by atoms with E-state index in [9.17, 15) is 9.59 Å². The number of carbonyl (C=O) groups excluding carboxylic acids is 1. The first-order chi connectivity index (χ1) is 8.41. The normalized spacial score (nSPS) is 18.4. The minimum absolute atomic E-state index is 0.0773. The summed E-state index contributed by atoms with van der Waals surface area (Å²) >= 11 is 0. The van der Waals surface area contributed by atoms with Gasteiger partial charge in [0.25, 0.3) is 0 Å². The molecule has 0 aromatic heterocycles. The monoisotopic (exact) mass is 257 g/mol. The number of aliphatic carboxylic acids is 1. The molecule has 2 atom stereocenters. The summed E-state index contributed by atoms with van der Waals surface area (Å²) in [4.78, 5) is 24.2. The van der Waals surface area contributed by atoms with Gasteiger partial charge in [0, 0.05) is 25.0 Å². The number of hydrogen-bond acceptors (Lipinski definition) is 4. The molecule has 0 aromatic carbocycles. The molecule has 0 aromatic rings. The molecule has 0 aliphatic heterocycles. The number of nitrogens with two attached hydrogens (primary N) is 1. The Morgan fingerprint density at radius 2 is 2.11 bits per heavy atom. The zero-order chi connectivity index (χ0) is 13.7. The van der Waals surface area contributed by atoms with Crippen LogP contribution in [0.15, 0.2) is 0 Å². The van der Waals surface area contributed by atoms with Crippen molar-refractivity contribution in [2.45, 2.75) is 50.7 Å². The van der Waals surface area contributed by atoms with Gasteiger partial charge in [-0.2, -0.15) is 0 Å². The summed E-state index contributed by atoms with van der Waals surface area (Å²) in [7, 11) is 2.05. The summed E-state index contributed by atoms with van der Waals surface area (Å²) in [6.45, 7) is 2.61. The van der Waals surface area contributed by atoms with Crippen molar-refractivity contribution in [1.82, 2.24) is 10.2 Å². The molecule has 4 N–H and O–H groups in total. The van der Waals surface area contributed by atoms with Crippen molar-refractivity contribution in [1.29, 1.82) is 0 Å². The van der Waals surface area contributed by atoms with E-state index in [4.69, 9.17) is 10.8 Å². The Kier molecular flexibility index (Phi) is 5.55. The molecule has 1 saturated carbocycles. The molecule has 18 heavy (non-hydrogen) atoms. The fourth-order valence-electron chi connectivity index (χ4n) is 1.78. The molecule has 1 aliphatic rings. The molecule has 104 valence electrons. The third-order valence-corrected chi connectivity index (χ3v) is 3.40. The highest BCUT2D eigenvalue weighted by molar-refractivity contribution is 5.82. The number of carboxylic acid groups (broad SMARTS) is 1. The quantitative estimate of drug-likeness (QED) is 0.558. The Morgan fingerprint density at radius 1 is 1.50 bits per heavy atom. The van der Waals surface area contributed by atoms with Crippen LogP contribution in [0, 0.1) is 0 Å². The van der Waals surface area contributed by atoms with Gasteiger partial charge in [-0.1, -0.05) is 0 Å². The van der Waals surface area contributed by atoms with Gasteiger partial charge in [-0.05, 0) is 33.2 Å². The molecule has 0 radical (unpaired) electrons. The minimum Gasteiger partial charge on any atom is -0.481 e. The summed E-state index contributed by atoms with van der Waals surface area (Å²) in [5, 5.41) is 11.3. The standard InChI is InChI=1S/C12H23N3O3/c1-8(15(2)9-3-4-9)7-14-12(18)10(13)5-6-11(16)17/h8-10H,3-7,13H2,1-2H3,(H,14,18)(H,16,17). The second-order valence-electron chi connectivity index (χ2n) is 5.03. The van der Waals surface area contributed by atoms with Gasteiger partial charge in [-0.25, -0.2) is 0 Å². The van der Waals surface area contributed by atoms with Crippen molar-refractivity contribution >= 4 is 11.9 Å². The Bertz CT molecular complexity index is 305. The number of carbonyl (C=O) groups is 2. The molecule has 6 heteroatoms. The summed E-state index contributed by atoms with van der Waals surface area (Å²) in [5.74, 6) is -1.20. The van der Waals surface area contributed by atoms with E-state index in [1.807, 2.05) is 0 Å². The van der Waals surface area contributed by atoms with Crippen LogP contribution in [-0.4, -0.2) is 53.6 Å². The van der Waals surface area contributed by atoms with E-state index in [-0.39, 0.29) is 24.8 Å². The molecule has 0 saturated heterocycles. The van der Waals surface area contributed by atoms with Crippen LogP contribution in [0.3, 0.4) is 0 Å². The lowest BCUT2D eigenvalue weighted by Gasteiger charge is -2.25. The van der Waals surface area contributed by atoms with Crippen LogP contribution in [0.2, 0.25) is 0 Å². The number of nitrogens with zero attached hydrogens (tertiary/aromatic N) is 1. The topological polar surface area (TPSA) is 95.7 Å². The molecule has 0 bridgehead atoms. The van der Waals surface area contributed by atoms with Gasteiger partial charge in [0.05, 0.1) is 6.04 Å². The highest BCUT2D eigenvalue weighted by atomic mass is 16.4. The molecule has 0 spiro atoms. The number of likely N-dealkylation sites (N-methyl/N-ethyl adjacent to an activating group) is 1. The van der Waals surface area contributed by atoms with Gasteiger partial charge in [0.2, 0.25) is 5.91 Å². The largest absolute Gasteiger partial charge is 0.481 e. The maximum Gasteiger partial charge on any atom is 0.303 e. The molecule has 0 heterocycles. The molecular weight excluding hydrogens is 234 g/mol. The van der Waals surface area contributed by atoms with Crippen molar-refractivity contribution in [3.8, 4) is 0 Å². The molecule has 1 rings (SSSR count). The molecular formula is C12H23N3O3. The van der Waals surface area contributed by atoms with Crippen molar-refractivity contribution in [3.05, 3.63) is 0 Å². The summed E-state index contributed by atoms with van der Waals surface area (Å²) in [5.41, 5.74) is 5.61. The minimum atomic E-state index is -0.930. The molecule has 1 aliphatic carbocycles. The molecule has 1 amide bonds. The van der Waals surface area contributed by atoms with Gasteiger partial charge >= 0.3 is 5.97 Å². The predicted molar refractivity (Wildman–Crippen MR) is 68.1 cm³/mol. The highest BCUT2D eigenvalue weighted by Gasteiger charge is 2.29. The van der Waals surface area contributed by atoms with Crippen LogP contribution in [0.5, 0.6) is 0 Å². The molecule has 2 unspecified atom stereocenters. The zero-order valence-corrected chi connectivity index (χ0v) is 11.1. The van der Waals surface area contributed by atoms with Crippen molar-refractivity contribution < 1.29 is 14.7 Å². The maximum absolute atomic E-state index is 11.6. The third-order valence-electron chi connectivity index (χ3n) is 3.40. The SMILES string of the molecule is CC(CNC(=O)C(N)CCC(=O)O)N(C)C1CC1. The Balaban J connectivity index is 2.20. The van der Waals surface area contributed by atoms with Crippen LogP contribution < -0.4 is 11.1 Å². The summed E-state index contributed by atoms with van der Waals surface area (Å²) < 4.78 is 0. The number of carboxylic acids is 1. The third kappa shape index (κ3) is 5.01. The van der Waals surface area contributed by atoms with Gasteiger partial charge in [0.1, 0.15) is 0 Å². The first kappa shape index (κ1) is 14.9. The second-order valence-corrected chi connectivity index (χ2v) is 5.03. The maximum atomic E-state index is 11.6. The van der Waals surface area contributed by atoms with E-state index >= 15 is 0 Å². The fraction of sp³-hybridized carbons (Fsp3) is 0.833. The first-order valence-electron chi connectivity index (χ1n) is 6.38. The van der Waals surface area contributed by atoms with Crippen LogP contribution >= 0.6 is 0 Å². The van der Waals surface area contributed by atoms with Crippen LogP contribution in [-0.2, 0) is 9.59 Å². The van der Waals surface area contributed by atoms with Gasteiger partial charge in [-0.3, -0.25) is 14.5 Å². The van der Waals surface area contributed by atoms with Crippen LogP contribution in [0.25, 0.3) is 0 Å². The van der Waals surface area contributed by atoms with Crippen LogP contribution in [0.4, 0.5) is 0 Å². The fourth-order valence-corrected chi connectivity index (χ4v) is 1.78. The Hall–Kier alpha value is -1.14. The lowest BCUT2D eigenvalue weighted by molar-refractivity contribution is -0.137. The predicted octanol–water partition coefficient (Wildman–Crippen LogP) is -0.223. The lowest BCUT2D eigenvalue weighted by Crippen LogP contribution is -2.46. The highest BCUT2D eigenvalue weighted by Crippen LogP contribution is 2.26. The average molecular weight is 257 g/mol. The lowest BCUT2D eigenvalue weighted by atomic mass is 10.1. The van der Waals surface area contributed by atoms with E-state index in [0.717, 1.165) is 0 Å². The Labute approximate surface area is 108 Å².